The van der Waals surface area contributed by atoms with Crippen molar-refractivity contribution in [2.24, 2.45) is 0 Å². The summed E-state index contributed by atoms with van der Waals surface area (Å²) in [6, 6.07) is 13.4. The first-order valence-electron chi connectivity index (χ1n) is 9.21. The molecular formula is C22H19FN4O2. The third kappa shape index (κ3) is 3.85. The van der Waals surface area contributed by atoms with Crippen molar-refractivity contribution < 1.29 is 13.7 Å². The molecule has 7 heteroatoms. The van der Waals surface area contributed by atoms with Crippen molar-refractivity contribution in [2.75, 3.05) is 13.6 Å². The Balaban J connectivity index is 1.68. The molecular weight excluding hydrogens is 371 g/mol. The molecule has 146 valence electrons. The fraction of sp³-hybridized carbons (Fsp3) is 0.182. The fourth-order valence-corrected chi connectivity index (χ4v) is 3.17. The maximum Gasteiger partial charge on any atom is 0.259 e. The zero-order valence-corrected chi connectivity index (χ0v) is 16.1. The normalized spacial score (nSPS) is 11.0. The van der Waals surface area contributed by atoms with Crippen LogP contribution >= 0.6 is 0 Å². The van der Waals surface area contributed by atoms with Gasteiger partial charge in [-0.15, -0.1) is 0 Å². The maximum absolute atomic E-state index is 13.3. The summed E-state index contributed by atoms with van der Waals surface area (Å²) in [7, 11) is 1.75. The molecule has 0 saturated carbocycles. The van der Waals surface area contributed by atoms with E-state index in [0.29, 0.717) is 40.9 Å². The van der Waals surface area contributed by atoms with Crippen LogP contribution < -0.4 is 0 Å². The summed E-state index contributed by atoms with van der Waals surface area (Å²) in [6.45, 7) is 2.28. The Hall–Kier alpha value is -3.61. The van der Waals surface area contributed by atoms with E-state index in [9.17, 15) is 9.18 Å². The van der Waals surface area contributed by atoms with Crippen LogP contribution in [0.15, 0.2) is 59.3 Å². The van der Waals surface area contributed by atoms with E-state index in [-0.39, 0.29) is 17.4 Å². The van der Waals surface area contributed by atoms with Crippen molar-refractivity contribution in [3.8, 4) is 11.3 Å². The molecule has 0 fully saturated rings. The van der Waals surface area contributed by atoms with Gasteiger partial charge in [0.1, 0.15) is 5.82 Å². The van der Waals surface area contributed by atoms with E-state index in [4.69, 9.17) is 4.52 Å². The zero-order chi connectivity index (χ0) is 20.4. The van der Waals surface area contributed by atoms with Gasteiger partial charge in [-0.05, 0) is 49.4 Å². The first-order valence-corrected chi connectivity index (χ1v) is 9.21. The van der Waals surface area contributed by atoms with Gasteiger partial charge >= 0.3 is 0 Å². The third-order valence-corrected chi connectivity index (χ3v) is 4.76. The predicted octanol–water partition coefficient (Wildman–Crippen LogP) is 4.05. The summed E-state index contributed by atoms with van der Waals surface area (Å²) in [5.74, 6) is -0.501. The van der Waals surface area contributed by atoms with Gasteiger partial charge in [-0.25, -0.2) is 9.37 Å². The third-order valence-electron chi connectivity index (χ3n) is 4.76. The van der Waals surface area contributed by atoms with Gasteiger partial charge in [0.25, 0.3) is 11.6 Å². The summed E-state index contributed by atoms with van der Waals surface area (Å²) in [6.07, 6.45) is 2.38. The van der Waals surface area contributed by atoms with Gasteiger partial charge in [-0.2, -0.15) is 0 Å². The number of hydrogen-bond acceptors (Lipinski definition) is 5. The molecule has 1 amide bonds. The number of likely N-dealkylation sites (N-methyl/N-ethyl adjacent to an activating group) is 1. The Morgan fingerprint density at radius 1 is 1.17 bits per heavy atom. The number of aromatic nitrogens is 3. The van der Waals surface area contributed by atoms with Crippen LogP contribution in [-0.4, -0.2) is 39.5 Å². The number of amides is 1. The summed E-state index contributed by atoms with van der Waals surface area (Å²) in [5.41, 5.74) is 3.46. The monoisotopic (exact) mass is 390 g/mol. The highest BCUT2D eigenvalue weighted by Crippen LogP contribution is 2.28. The van der Waals surface area contributed by atoms with Crippen LogP contribution in [0.4, 0.5) is 4.39 Å². The minimum Gasteiger partial charge on any atom is -0.341 e. The van der Waals surface area contributed by atoms with Crippen molar-refractivity contribution in [3.05, 3.63) is 77.5 Å². The van der Waals surface area contributed by atoms with Gasteiger partial charge in [0.2, 0.25) is 0 Å². The van der Waals surface area contributed by atoms with Crippen molar-refractivity contribution in [1.82, 2.24) is 20.0 Å². The average molecular weight is 390 g/mol. The number of carbonyl (C=O) groups excluding carboxylic acids is 1. The van der Waals surface area contributed by atoms with Gasteiger partial charge in [0.15, 0.2) is 0 Å². The molecule has 3 aromatic heterocycles. The van der Waals surface area contributed by atoms with Crippen molar-refractivity contribution in [2.45, 2.75) is 13.3 Å². The highest BCUT2D eigenvalue weighted by atomic mass is 19.1. The number of halogens is 1. The molecule has 0 spiro atoms. The van der Waals surface area contributed by atoms with Crippen LogP contribution in [0.25, 0.3) is 22.4 Å². The molecule has 29 heavy (non-hydrogen) atoms. The largest absolute Gasteiger partial charge is 0.341 e. The first-order chi connectivity index (χ1) is 14.0. The van der Waals surface area contributed by atoms with Crippen LogP contribution in [0.1, 0.15) is 21.7 Å². The van der Waals surface area contributed by atoms with E-state index in [1.165, 1.54) is 12.1 Å². The van der Waals surface area contributed by atoms with E-state index in [1.807, 2.05) is 18.2 Å². The molecule has 0 N–H and O–H groups in total. The number of pyridine rings is 2. The topological polar surface area (TPSA) is 72.1 Å². The lowest BCUT2D eigenvalue weighted by molar-refractivity contribution is 0.0798. The summed E-state index contributed by atoms with van der Waals surface area (Å²) in [4.78, 5) is 23.6. The van der Waals surface area contributed by atoms with Gasteiger partial charge in [0, 0.05) is 37.5 Å². The second kappa shape index (κ2) is 7.79. The molecule has 4 aromatic rings. The second-order valence-corrected chi connectivity index (χ2v) is 6.81. The van der Waals surface area contributed by atoms with Crippen molar-refractivity contribution in [1.29, 1.82) is 0 Å². The van der Waals surface area contributed by atoms with Crippen molar-refractivity contribution >= 4 is 17.0 Å². The number of benzene rings is 1. The molecule has 0 bridgehead atoms. The molecule has 0 aliphatic carbocycles. The van der Waals surface area contributed by atoms with E-state index < -0.39 is 0 Å². The van der Waals surface area contributed by atoms with Crippen LogP contribution in [0, 0.1) is 12.7 Å². The predicted molar refractivity (Wildman–Crippen MR) is 107 cm³/mol. The quantitative estimate of drug-likeness (QED) is 0.514. The number of aryl methyl sites for hydroxylation is 1. The lowest BCUT2D eigenvalue weighted by Crippen LogP contribution is -2.29. The summed E-state index contributed by atoms with van der Waals surface area (Å²) >= 11 is 0. The van der Waals surface area contributed by atoms with Crippen LogP contribution in [0.3, 0.4) is 0 Å². The van der Waals surface area contributed by atoms with Crippen molar-refractivity contribution in [3.63, 3.8) is 0 Å². The maximum atomic E-state index is 13.3. The van der Waals surface area contributed by atoms with Crippen LogP contribution in [0.2, 0.25) is 0 Å². The number of fused-ring (bicyclic) bond motifs is 1. The van der Waals surface area contributed by atoms with E-state index in [1.54, 1.807) is 43.3 Å². The highest BCUT2D eigenvalue weighted by Gasteiger charge is 2.22. The Kier molecular flexibility index (Phi) is 5.03. The van der Waals surface area contributed by atoms with E-state index >= 15 is 0 Å². The number of nitrogens with zero attached hydrogens (tertiary/aromatic N) is 4. The van der Waals surface area contributed by atoms with Gasteiger partial charge in [-0.3, -0.25) is 9.78 Å². The van der Waals surface area contributed by atoms with Gasteiger partial charge < -0.3 is 9.42 Å². The molecule has 0 aliphatic heterocycles. The Morgan fingerprint density at radius 3 is 2.69 bits per heavy atom. The van der Waals surface area contributed by atoms with E-state index in [0.717, 1.165) is 5.69 Å². The SMILES string of the molecule is Cc1noc2nc(-c3ccc(F)cc3)cc(C(=O)N(C)CCc3ccccn3)c12. The van der Waals surface area contributed by atoms with Gasteiger partial charge in [0.05, 0.1) is 22.3 Å². The Bertz CT molecular complexity index is 1160. The molecule has 3 heterocycles. The first kappa shape index (κ1) is 18.7. The molecule has 0 saturated heterocycles. The van der Waals surface area contributed by atoms with E-state index in [2.05, 4.69) is 15.1 Å². The van der Waals surface area contributed by atoms with Crippen LogP contribution in [0.5, 0.6) is 0 Å². The second-order valence-electron chi connectivity index (χ2n) is 6.81. The van der Waals surface area contributed by atoms with Crippen LogP contribution in [-0.2, 0) is 6.42 Å². The Labute approximate surface area is 167 Å². The highest BCUT2D eigenvalue weighted by molar-refractivity contribution is 6.06. The lowest BCUT2D eigenvalue weighted by Gasteiger charge is -2.18. The number of hydrogen-bond donors (Lipinski definition) is 0. The minimum absolute atomic E-state index is 0.164. The lowest BCUT2D eigenvalue weighted by atomic mass is 10.0. The number of rotatable bonds is 5. The molecule has 0 atom stereocenters. The Morgan fingerprint density at radius 2 is 1.97 bits per heavy atom. The standard InChI is InChI=1S/C22H19FN4O2/c1-14-20-18(22(28)27(2)12-10-17-5-3-4-11-24-17)13-19(25-21(20)29-26-14)15-6-8-16(23)9-7-15/h3-9,11,13H,10,12H2,1-2H3. The molecule has 0 aliphatic rings. The molecule has 6 nitrogen and oxygen atoms in total. The zero-order valence-electron chi connectivity index (χ0n) is 16.1. The minimum atomic E-state index is -0.337. The molecule has 0 unspecified atom stereocenters. The summed E-state index contributed by atoms with van der Waals surface area (Å²) in [5, 5.41) is 4.55. The number of carbonyl (C=O) groups is 1. The molecule has 1 aromatic carbocycles. The fourth-order valence-electron chi connectivity index (χ4n) is 3.17. The molecule has 0 radical (unpaired) electrons. The van der Waals surface area contributed by atoms with Gasteiger partial charge in [-0.1, -0.05) is 11.2 Å². The molecule has 4 rings (SSSR count). The average Bonchev–Trinajstić information content (AvgIpc) is 3.13. The smallest absolute Gasteiger partial charge is 0.259 e. The summed E-state index contributed by atoms with van der Waals surface area (Å²) < 4.78 is 18.6.